The highest BCUT2D eigenvalue weighted by atomic mass is 35.5. The van der Waals surface area contributed by atoms with Crippen molar-refractivity contribution < 1.29 is 14.3 Å². The first-order valence-electron chi connectivity index (χ1n) is 11.0. The number of carbonyl (C=O) groups is 1. The average molecular weight is 491 g/mol. The molecule has 0 aliphatic carbocycles. The zero-order valence-corrected chi connectivity index (χ0v) is 20.1. The van der Waals surface area contributed by atoms with Gasteiger partial charge < -0.3 is 19.7 Å². The molecule has 0 bridgehead atoms. The van der Waals surface area contributed by atoms with E-state index in [2.05, 4.69) is 22.2 Å². The summed E-state index contributed by atoms with van der Waals surface area (Å²) in [5.74, 6) is 2.24. The summed E-state index contributed by atoms with van der Waals surface area (Å²) in [7, 11) is 0. The van der Waals surface area contributed by atoms with Crippen molar-refractivity contribution in [3.8, 4) is 5.75 Å². The molecule has 2 aromatic heterocycles. The van der Waals surface area contributed by atoms with Crippen molar-refractivity contribution in [3.63, 3.8) is 0 Å². The quantitative estimate of drug-likeness (QED) is 0.342. The fourth-order valence-electron chi connectivity index (χ4n) is 3.39. The number of benzene rings is 1. The number of aromatic nitrogens is 4. The molecule has 0 atom stereocenters. The SMILES string of the molecule is CCCSc1nc(N2CCOCC2)c2cnn(CCNC(=O)COc3ccc(Cl)cc3)c2n1. The number of hydrogen-bond acceptors (Lipinski definition) is 8. The fourth-order valence-corrected chi connectivity index (χ4v) is 4.21. The molecule has 0 saturated carbocycles. The van der Waals surface area contributed by atoms with Crippen LogP contribution < -0.4 is 15.0 Å². The van der Waals surface area contributed by atoms with Crippen LogP contribution in [0.15, 0.2) is 35.6 Å². The van der Waals surface area contributed by atoms with Gasteiger partial charge in [0.1, 0.15) is 11.6 Å². The van der Waals surface area contributed by atoms with Gasteiger partial charge in [0.2, 0.25) is 0 Å². The lowest BCUT2D eigenvalue weighted by Gasteiger charge is -2.28. The third-order valence-electron chi connectivity index (χ3n) is 5.03. The maximum atomic E-state index is 12.2. The lowest BCUT2D eigenvalue weighted by atomic mass is 10.3. The van der Waals surface area contributed by atoms with Crippen LogP contribution in [0.3, 0.4) is 0 Å². The van der Waals surface area contributed by atoms with Gasteiger partial charge in [-0.25, -0.2) is 14.6 Å². The van der Waals surface area contributed by atoms with E-state index in [0.29, 0.717) is 37.1 Å². The van der Waals surface area contributed by atoms with Crippen LogP contribution >= 0.6 is 23.4 Å². The van der Waals surface area contributed by atoms with Crippen LogP contribution in [-0.2, 0) is 16.1 Å². The number of carbonyl (C=O) groups excluding carboxylic acids is 1. The molecule has 11 heteroatoms. The molecule has 1 saturated heterocycles. The van der Waals surface area contributed by atoms with Crippen molar-refractivity contribution in [1.82, 2.24) is 25.1 Å². The molecule has 0 radical (unpaired) electrons. The molecule has 1 aliphatic rings. The molecule has 1 N–H and O–H groups in total. The Hall–Kier alpha value is -2.56. The molecule has 1 amide bonds. The minimum absolute atomic E-state index is 0.0668. The van der Waals surface area contributed by atoms with Gasteiger partial charge in [-0.3, -0.25) is 4.79 Å². The van der Waals surface area contributed by atoms with E-state index in [0.717, 1.165) is 47.3 Å². The second-order valence-corrected chi connectivity index (χ2v) is 8.97. The smallest absolute Gasteiger partial charge is 0.258 e. The minimum Gasteiger partial charge on any atom is -0.484 e. The van der Waals surface area contributed by atoms with Crippen LogP contribution in [0.2, 0.25) is 5.02 Å². The van der Waals surface area contributed by atoms with E-state index in [-0.39, 0.29) is 12.5 Å². The number of fused-ring (bicyclic) bond motifs is 1. The van der Waals surface area contributed by atoms with E-state index in [1.54, 1.807) is 42.2 Å². The largest absolute Gasteiger partial charge is 0.484 e. The molecule has 1 aliphatic heterocycles. The number of ether oxygens (including phenoxy) is 2. The normalized spacial score (nSPS) is 13.9. The summed E-state index contributed by atoms with van der Waals surface area (Å²) in [6.45, 7) is 5.92. The van der Waals surface area contributed by atoms with Gasteiger partial charge in [-0.15, -0.1) is 0 Å². The Balaban J connectivity index is 1.40. The maximum absolute atomic E-state index is 12.2. The topological polar surface area (TPSA) is 94.4 Å². The molecule has 9 nitrogen and oxygen atoms in total. The summed E-state index contributed by atoms with van der Waals surface area (Å²) in [4.78, 5) is 24.0. The van der Waals surface area contributed by atoms with E-state index in [4.69, 9.17) is 31.0 Å². The summed E-state index contributed by atoms with van der Waals surface area (Å²) in [5.41, 5.74) is 0.775. The lowest BCUT2D eigenvalue weighted by molar-refractivity contribution is -0.123. The van der Waals surface area contributed by atoms with Crippen LogP contribution in [-0.4, -0.2) is 70.9 Å². The van der Waals surface area contributed by atoms with Gasteiger partial charge >= 0.3 is 0 Å². The number of thioether (sulfide) groups is 1. The standard InChI is InChI=1S/C22H27ClN6O3S/c1-2-13-33-22-26-20(28-9-11-31-12-10-28)18-14-25-29(21(18)27-22)8-7-24-19(30)15-32-17-5-3-16(23)4-6-17/h3-6,14H,2,7-13,15H2,1H3,(H,24,30). The van der Waals surface area contributed by atoms with E-state index in [1.807, 2.05) is 4.68 Å². The molecule has 176 valence electrons. The van der Waals surface area contributed by atoms with Crippen molar-refractivity contribution in [2.45, 2.75) is 25.0 Å². The molecule has 3 aromatic rings. The Morgan fingerprint density at radius 3 is 2.79 bits per heavy atom. The van der Waals surface area contributed by atoms with Gasteiger partial charge in [0.25, 0.3) is 5.91 Å². The molecule has 1 fully saturated rings. The van der Waals surface area contributed by atoms with E-state index < -0.39 is 0 Å². The van der Waals surface area contributed by atoms with E-state index in [1.165, 1.54) is 0 Å². The molecular formula is C22H27ClN6O3S. The number of nitrogens with zero attached hydrogens (tertiary/aromatic N) is 5. The van der Waals surface area contributed by atoms with E-state index in [9.17, 15) is 4.79 Å². The molecule has 3 heterocycles. The monoisotopic (exact) mass is 490 g/mol. The van der Waals surface area contributed by atoms with Crippen molar-refractivity contribution in [1.29, 1.82) is 0 Å². The second kappa shape index (κ2) is 11.5. The number of halogens is 1. The number of hydrogen-bond donors (Lipinski definition) is 1. The summed E-state index contributed by atoms with van der Waals surface area (Å²) in [6.07, 6.45) is 2.85. The third-order valence-corrected chi connectivity index (χ3v) is 6.34. The van der Waals surface area contributed by atoms with Gasteiger partial charge in [0.05, 0.1) is 31.3 Å². The molecule has 33 heavy (non-hydrogen) atoms. The van der Waals surface area contributed by atoms with Gasteiger partial charge in [-0.1, -0.05) is 30.3 Å². The van der Waals surface area contributed by atoms with Crippen molar-refractivity contribution in [2.24, 2.45) is 0 Å². The van der Waals surface area contributed by atoms with Crippen molar-refractivity contribution in [2.75, 3.05) is 50.1 Å². The summed E-state index contributed by atoms with van der Waals surface area (Å²) >= 11 is 7.50. The molecule has 4 rings (SSSR count). The lowest BCUT2D eigenvalue weighted by Crippen LogP contribution is -2.37. The highest BCUT2D eigenvalue weighted by molar-refractivity contribution is 7.99. The first kappa shape index (κ1) is 23.6. The van der Waals surface area contributed by atoms with Crippen molar-refractivity contribution in [3.05, 3.63) is 35.5 Å². The minimum atomic E-state index is -0.204. The number of nitrogens with one attached hydrogen (secondary N) is 1. The Morgan fingerprint density at radius 1 is 1.24 bits per heavy atom. The van der Waals surface area contributed by atoms with Crippen LogP contribution in [0.1, 0.15) is 13.3 Å². The Labute approximate surface area is 201 Å². The average Bonchev–Trinajstić information content (AvgIpc) is 3.25. The highest BCUT2D eigenvalue weighted by Gasteiger charge is 2.20. The fraction of sp³-hybridized carbons (Fsp3) is 0.455. The van der Waals surface area contributed by atoms with Gasteiger partial charge in [0.15, 0.2) is 17.4 Å². The van der Waals surface area contributed by atoms with E-state index >= 15 is 0 Å². The number of morpholine rings is 1. The Kier molecular flexibility index (Phi) is 8.25. The van der Waals surface area contributed by atoms with Gasteiger partial charge in [0, 0.05) is 30.4 Å². The second-order valence-electron chi connectivity index (χ2n) is 7.48. The molecular weight excluding hydrogens is 464 g/mol. The zero-order valence-electron chi connectivity index (χ0n) is 18.5. The van der Waals surface area contributed by atoms with Crippen LogP contribution in [0.5, 0.6) is 5.75 Å². The molecule has 0 spiro atoms. The molecule has 1 aromatic carbocycles. The van der Waals surface area contributed by atoms with Crippen LogP contribution in [0, 0.1) is 0 Å². The summed E-state index contributed by atoms with van der Waals surface area (Å²) < 4.78 is 12.8. The first-order chi connectivity index (χ1) is 16.1. The molecule has 0 unspecified atom stereocenters. The van der Waals surface area contributed by atoms with Crippen molar-refractivity contribution >= 4 is 46.1 Å². The summed E-state index contributed by atoms with van der Waals surface area (Å²) in [5, 5.41) is 9.67. The Morgan fingerprint density at radius 2 is 2.03 bits per heavy atom. The maximum Gasteiger partial charge on any atom is 0.258 e. The number of rotatable bonds is 10. The Bertz CT molecular complexity index is 1070. The predicted molar refractivity (Wildman–Crippen MR) is 129 cm³/mol. The summed E-state index contributed by atoms with van der Waals surface area (Å²) in [6, 6.07) is 6.90. The van der Waals surface area contributed by atoms with Gasteiger partial charge in [-0.05, 0) is 30.7 Å². The number of amides is 1. The van der Waals surface area contributed by atoms with Crippen LogP contribution in [0.4, 0.5) is 5.82 Å². The van der Waals surface area contributed by atoms with Gasteiger partial charge in [-0.2, -0.15) is 5.10 Å². The first-order valence-corrected chi connectivity index (χ1v) is 12.3. The zero-order chi connectivity index (χ0) is 23.0. The van der Waals surface area contributed by atoms with Crippen LogP contribution in [0.25, 0.3) is 11.0 Å². The highest BCUT2D eigenvalue weighted by Crippen LogP contribution is 2.28. The number of anilines is 1. The predicted octanol–water partition coefficient (Wildman–Crippen LogP) is 3.01. The third kappa shape index (κ3) is 6.27.